The normalized spacial score (nSPS) is 10.3. The van der Waals surface area contributed by atoms with Gasteiger partial charge in [-0.2, -0.15) is 0 Å². The van der Waals surface area contributed by atoms with Gasteiger partial charge in [0.15, 0.2) is 6.29 Å². The van der Waals surface area contributed by atoms with Crippen molar-refractivity contribution in [2.24, 2.45) is 0 Å². The summed E-state index contributed by atoms with van der Waals surface area (Å²) in [7, 11) is 0. The van der Waals surface area contributed by atoms with Crippen molar-refractivity contribution in [3.63, 3.8) is 0 Å². The SMILES string of the molecule is O=Cc1csc(-c2ccccc2OCc2ccccc2)c1. The number of hydrogen-bond acceptors (Lipinski definition) is 3. The van der Waals surface area contributed by atoms with Gasteiger partial charge in [0, 0.05) is 21.4 Å². The van der Waals surface area contributed by atoms with Crippen LogP contribution in [0.25, 0.3) is 10.4 Å². The van der Waals surface area contributed by atoms with Gasteiger partial charge >= 0.3 is 0 Å². The molecule has 0 fully saturated rings. The van der Waals surface area contributed by atoms with E-state index in [1.165, 1.54) is 0 Å². The Morgan fingerprint density at radius 1 is 1.00 bits per heavy atom. The van der Waals surface area contributed by atoms with E-state index in [1.54, 1.807) is 11.3 Å². The first-order valence-corrected chi connectivity index (χ1v) is 7.54. The highest BCUT2D eigenvalue weighted by molar-refractivity contribution is 7.13. The third kappa shape index (κ3) is 3.20. The van der Waals surface area contributed by atoms with Crippen LogP contribution in [0.2, 0.25) is 0 Å². The quantitative estimate of drug-likeness (QED) is 0.631. The summed E-state index contributed by atoms with van der Waals surface area (Å²) in [4.78, 5) is 11.9. The molecule has 0 aliphatic heterocycles. The number of rotatable bonds is 5. The second kappa shape index (κ2) is 6.37. The van der Waals surface area contributed by atoms with Gasteiger partial charge in [-0.25, -0.2) is 0 Å². The second-order valence-corrected chi connectivity index (χ2v) is 5.54. The molecule has 0 radical (unpaired) electrons. The average molecular weight is 294 g/mol. The molecule has 3 heteroatoms. The first-order valence-electron chi connectivity index (χ1n) is 6.66. The lowest BCUT2D eigenvalue weighted by molar-refractivity contribution is 0.112. The molecule has 3 aromatic rings. The van der Waals surface area contributed by atoms with Crippen molar-refractivity contribution in [2.45, 2.75) is 6.61 Å². The van der Waals surface area contributed by atoms with E-state index >= 15 is 0 Å². The minimum absolute atomic E-state index is 0.532. The first-order chi connectivity index (χ1) is 10.4. The van der Waals surface area contributed by atoms with E-state index in [0.29, 0.717) is 12.2 Å². The van der Waals surface area contributed by atoms with E-state index < -0.39 is 0 Å². The van der Waals surface area contributed by atoms with Crippen LogP contribution < -0.4 is 4.74 Å². The molecule has 0 saturated carbocycles. The summed E-state index contributed by atoms with van der Waals surface area (Å²) in [5.41, 5.74) is 2.85. The summed E-state index contributed by atoms with van der Waals surface area (Å²) in [5, 5.41) is 1.86. The van der Waals surface area contributed by atoms with E-state index in [1.807, 2.05) is 66.0 Å². The van der Waals surface area contributed by atoms with E-state index in [4.69, 9.17) is 4.74 Å². The Balaban J connectivity index is 1.84. The maximum Gasteiger partial charge on any atom is 0.150 e. The van der Waals surface area contributed by atoms with Crippen molar-refractivity contribution >= 4 is 17.6 Å². The Morgan fingerprint density at radius 3 is 2.52 bits per heavy atom. The molecule has 0 N–H and O–H groups in total. The lowest BCUT2D eigenvalue weighted by Crippen LogP contribution is -1.96. The van der Waals surface area contributed by atoms with Crippen molar-refractivity contribution in [2.75, 3.05) is 0 Å². The molecule has 0 saturated heterocycles. The number of benzene rings is 2. The fourth-order valence-electron chi connectivity index (χ4n) is 2.09. The van der Waals surface area contributed by atoms with Gasteiger partial charge in [-0.1, -0.05) is 42.5 Å². The fraction of sp³-hybridized carbons (Fsp3) is 0.0556. The molecule has 0 spiro atoms. The van der Waals surface area contributed by atoms with Crippen molar-refractivity contribution in [1.82, 2.24) is 0 Å². The van der Waals surface area contributed by atoms with Crippen LogP contribution in [0.15, 0.2) is 66.0 Å². The molecule has 2 aromatic carbocycles. The number of thiophene rings is 1. The summed E-state index contributed by atoms with van der Waals surface area (Å²) < 4.78 is 5.94. The van der Waals surface area contributed by atoms with Crippen LogP contribution in [0, 0.1) is 0 Å². The van der Waals surface area contributed by atoms with Crippen LogP contribution in [0.1, 0.15) is 15.9 Å². The lowest BCUT2D eigenvalue weighted by atomic mass is 10.1. The summed E-state index contributed by atoms with van der Waals surface area (Å²) in [6.07, 6.45) is 0.868. The first kappa shape index (κ1) is 13.6. The molecule has 3 rings (SSSR count). The maximum atomic E-state index is 10.8. The van der Waals surface area contributed by atoms with Gasteiger partial charge in [0.1, 0.15) is 12.4 Å². The molecule has 0 unspecified atom stereocenters. The maximum absolute atomic E-state index is 10.8. The molecule has 0 atom stereocenters. The Hall–Kier alpha value is -2.39. The predicted octanol–water partition coefficient (Wildman–Crippen LogP) is 4.81. The highest BCUT2D eigenvalue weighted by Gasteiger charge is 2.08. The molecule has 0 bridgehead atoms. The van der Waals surface area contributed by atoms with E-state index in [-0.39, 0.29) is 0 Å². The number of hydrogen-bond donors (Lipinski definition) is 0. The Bertz CT molecular complexity index is 732. The predicted molar refractivity (Wildman–Crippen MR) is 85.9 cm³/mol. The van der Waals surface area contributed by atoms with Gasteiger partial charge in [0.2, 0.25) is 0 Å². The van der Waals surface area contributed by atoms with Crippen LogP contribution in [0.5, 0.6) is 5.75 Å². The zero-order valence-corrected chi connectivity index (χ0v) is 12.2. The highest BCUT2D eigenvalue weighted by Crippen LogP contribution is 2.34. The van der Waals surface area contributed by atoms with E-state index in [2.05, 4.69) is 0 Å². The fourth-order valence-corrected chi connectivity index (χ4v) is 2.97. The number of ether oxygens (including phenoxy) is 1. The van der Waals surface area contributed by atoms with Gasteiger partial charge in [-0.05, 0) is 23.8 Å². The van der Waals surface area contributed by atoms with Gasteiger partial charge < -0.3 is 4.74 Å². The molecule has 21 heavy (non-hydrogen) atoms. The van der Waals surface area contributed by atoms with E-state index in [9.17, 15) is 4.79 Å². The summed E-state index contributed by atoms with van der Waals surface area (Å²) >= 11 is 1.55. The molecular weight excluding hydrogens is 280 g/mol. The topological polar surface area (TPSA) is 26.3 Å². The Morgan fingerprint density at radius 2 is 1.76 bits per heavy atom. The van der Waals surface area contributed by atoms with Crippen molar-refractivity contribution in [1.29, 1.82) is 0 Å². The van der Waals surface area contributed by atoms with E-state index in [0.717, 1.165) is 28.0 Å². The Labute approximate surface area is 127 Å². The largest absolute Gasteiger partial charge is 0.488 e. The Kier molecular flexibility index (Phi) is 4.12. The summed E-state index contributed by atoms with van der Waals surface area (Å²) in [6.45, 7) is 0.532. The summed E-state index contributed by atoms with van der Waals surface area (Å²) in [5.74, 6) is 0.834. The molecule has 104 valence electrons. The monoisotopic (exact) mass is 294 g/mol. The van der Waals surface area contributed by atoms with Crippen molar-refractivity contribution in [3.05, 3.63) is 77.2 Å². The van der Waals surface area contributed by atoms with Gasteiger partial charge in [0.25, 0.3) is 0 Å². The molecule has 0 amide bonds. The molecule has 0 aliphatic carbocycles. The van der Waals surface area contributed by atoms with Crippen molar-refractivity contribution < 1.29 is 9.53 Å². The van der Waals surface area contributed by atoms with Gasteiger partial charge in [-0.3, -0.25) is 4.79 Å². The van der Waals surface area contributed by atoms with Crippen LogP contribution >= 0.6 is 11.3 Å². The number of carbonyl (C=O) groups excluding carboxylic acids is 1. The number of carbonyl (C=O) groups is 1. The van der Waals surface area contributed by atoms with Gasteiger partial charge in [-0.15, -0.1) is 11.3 Å². The van der Waals surface area contributed by atoms with Crippen LogP contribution in [-0.4, -0.2) is 6.29 Å². The highest BCUT2D eigenvalue weighted by atomic mass is 32.1. The third-order valence-corrected chi connectivity index (χ3v) is 4.13. The summed E-state index contributed by atoms with van der Waals surface area (Å²) in [6, 6.07) is 19.9. The molecule has 1 aromatic heterocycles. The minimum atomic E-state index is 0.532. The minimum Gasteiger partial charge on any atom is -0.488 e. The van der Waals surface area contributed by atoms with Gasteiger partial charge in [0.05, 0.1) is 0 Å². The van der Waals surface area contributed by atoms with Crippen LogP contribution in [-0.2, 0) is 6.61 Å². The molecule has 2 nitrogen and oxygen atoms in total. The lowest BCUT2D eigenvalue weighted by Gasteiger charge is -2.10. The standard InChI is InChI=1S/C18H14O2S/c19-11-15-10-18(21-13-15)16-8-4-5-9-17(16)20-12-14-6-2-1-3-7-14/h1-11,13H,12H2. The molecule has 0 aliphatic rings. The third-order valence-electron chi connectivity index (χ3n) is 3.15. The zero-order chi connectivity index (χ0) is 14.5. The van der Waals surface area contributed by atoms with Crippen molar-refractivity contribution in [3.8, 4) is 16.2 Å². The second-order valence-electron chi connectivity index (χ2n) is 4.63. The smallest absolute Gasteiger partial charge is 0.150 e. The molecular formula is C18H14O2S. The number of para-hydroxylation sites is 1. The average Bonchev–Trinajstić information content (AvgIpc) is 3.03. The van der Waals surface area contributed by atoms with Crippen LogP contribution in [0.3, 0.4) is 0 Å². The van der Waals surface area contributed by atoms with Crippen LogP contribution in [0.4, 0.5) is 0 Å². The molecule has 1 heterocycles. The zero-order valence-electron chi connectivity index (χ0n) is 11.4. The number of aldehydes is 1.